The third-order valence-corrected chi connectivity index (χ3v) is 3.23. The third kappa shape index (κ3) is 2.65. The average Bonchev–Trinajstić information content (AvgIpc) is 2.33. The molecule has 0 nitrogen and oxygen atoms in total. The van der Waals surface area contributed by atoms with Crippen LogP contribution >= 0.6 is 11.6 Å². The average molecular weight is 231 g/mol. The number of alkyl halides is 1. The zero-order chi connectivity index (χ0) is 11.4. The van der Waals surface area contributed by atoms with Crippen LogP contribution in [0.2, 0.25) is 0 Å². The second-order valence-electron chi connectivity index (χ2n) is 4.01. The maximum atomic E-state index is 6.41. The summed E-state index contributed by atoms with van der Waals surface area (Å²) in [5, 5.41) is 0.0577. The monoisotopic (exact) mass is 230 g/mol. The zero-order valence-electron chi connectivity index (χ0n) is 9.36. The maximum absolute atomic E-state index is 6.41. The molecule has 0 fully saturated rings. The van der Waals surface area contributed by atoms with Crippen molar-refractivity contribution >= 4 is 11.6 Å². The minimum Gasteiger partial charge on any atom is -0.117 e. The van der Waals surface area contributed by atoms with Gasteiger partial charge in [0.05, 0.1) is 5.38 Å². The molecule has 0 aliphatic carbocycles. The van der Waals surface area contributed by atoms with E-state index in [1.807, 2.05) is 18.2 Å². The Bertz CT molecular complexity index is 448. The van der Waals surface area contributed by atoms with Gasteiger partial charge in [-0.15, -0.1) is 11.6 Å². The largest absolute Gasteiger partial charge is 0.117 e. The van der Waals surface area contributed by atoms with Crippen molar-refractivity contribution in [2.75, 3.05) is 0 Å². The highest BCUT2D eigenvalue weighted by atomic mass is 35.5. The molecule has 1 unspecified atom stereocenters. The minimum atomic E-state index is 0.0577. The Morgan fingerprint density at radius 1 is 0.938 bits per heavy atom. The van der Waals surface area contributed by atoms with Crippen LogP contribution in [-0.2, 0) is 6.42 Å². The van der Waals surface area contributed by atoms with Gasteiger partial charge in [0, 0.05) is 0 Å². The fraction of sp³-hybridized carbons (Fsp3) is 0.200. The van der Waals surface area contributed by atoms with Crippen molar-refractivity contribution in [3.63, 3.8) is 0 Å². The molecule has 0 aliphatic heterocycles. The van der Waals surface area contributed by atoms with Gasteiger partial charge < -0.3 is 0 Å². The van der Waals surface area contributed by atoms with Crippen molar-refractivity contribution in [3.8, 4) is 0 Å². The Morgan fingerprint density at radius 3 is 2.25 bits per heavy atom. The van der Waals surface area contributed by atoms with Crippen molar-refractivity contribution in [2.45, 2.75) is 18.7 Å². The summed E-state index contributed by atoms with van der Waals surface area (Å²) in [6.45, 7) is 2.13. The van der Waals surface area contributed by atoms with Gasteiger partial charge in [-0.25, -0.2) is 0 Å². The first kappa shape index (κ1) is 11.2. The Morgan fingerprint density at radius 2 is 1.56 bits per heavy atom. The van der Waals surface area contributed by atoms with Crippen LogP contribution in [0, 0.1) is 6.92 Å². The molecule has 1 heteroatoms. The fourth-order valence-corrected chi connectivity index (χ4v) is 2.12. The van der Waals surface area contributed by atoms with Crippen molar-refractivity contribution in [1.29, 1.82) is 0 Å². The molecular formula is C15H15Cl. The van der Waals surface area contributed by atoms with E-state index in [0.717, 1.165) is 6.42 Å². The summed E-state index contributed by atoms with van der Waals surface area (Å²) >= 11 is 6.41. The second kappa shape index (κ2) is 5.18. The third-order valence-electron chi connectivity index (χ3n) is 2.82. The van der Waals surface area contributed by atoms with E-state index in [9.17, 15) is 0 Å². The van der Waals surface area contributed by atoms with Gasteiger partial charge in [0.15, 0.2) is 0 Å². The number of benzene rings is 2. The molecule has 1 atom stereocenters. The Kier molecular flexibility index (Phi) is 3.63. The first-order chi connectivity index (χ1) is 7.77. The molecule has 0 saturated heterocycles. The summed E-state index contributed by atoms with van der Waals surface area (Å²) in [7, 11) is 0. The molecule has 16 heavy (non-hydrogen) atoms. The quantitative estimate of drug-likeness (QED) is 0.681. The zero-order valence-corrected chi connectivity index (χ0v) is 10.1. The molecule has 2 rings (SSSR count). The van der Waals surface area contributed by atoms with E-state index >= 15 is 0 Å². The van der Waals surface area contributed by atoms with Crippen LogP contribution in [0.3, 0.4) is 0 Å². The van der Waals surface area contributed by atoms with Crippen LogP contribution in [0.5, 0.6) is 0 Å². The van der Waals surface area contributed by atoms with Crippen LogP contribution < -0.4 is 0 Å². The fourth-order valence-electron chi connectivity index (χ4n) is 1.81. The van der Waals surface area contributed by atoms with Crippen molar-refractivity contribution in [2.24, 2.45) is 0 Å². The van der Waals surface area contributed by atoms with Crippen LogP contribution in [0.15, 0.2) is 54.6 Å². The molecule has 0 bridgehead atoms. The lowest BCUT2D eigenvalue weighted by atomic mass is 10.0. The van der Waals surface area contributed by atoms with Gasteiger partial charge in [-0.3, -0.25) is 0 Å². The smallest absolute Gasteiger partial charge is 0.0625 e. The molecule has 2 aromatic carbocycles. The van der Waals surface area contributed by atoms with Gasteiger partial charge in [-0.05, 0) is 30.0 Å². The highest BCUT2D eigenvalue weighted by Gasteiger charge is 2.09. The molecule has 0 aromatic heterocycles. The lowest BCUT2D eigenvalue weighted by molar-refractivity contribution is 0.911. The Balaban J connectivity index is 2.14. The minimum absolute atomic E-state index is 0.0577. The first-order valence-corrected chi connectivity index (χ1v) is 5.94. The molecule has 0 amide bonds. The summed E-state index contributed by atoms with van der Waals surface area (Å²) in [4.78, 5) is 0. The number of halogens is 1. The second-order valence-corrected chi connectivity index (χ2v) is 4.54. The first-order valence-electron chi connectivity index (χ1n) is 5.51. The van der Waals surface area contributed by atoms with Crippen LogP contribution in [0.4, 0.5) is 0 Å². The molecule has 0 saturated carbocycles. The normalized spacial score (nSPS) is 12.4. The maximum Gasteiger partial charge on any atom is 0.0625 e. The van der Waals surface area contributed by atoms with E-state index in [1.54, 1.807) is 0 Å². The van der Waals surface area contributed by atoms with Crippen molar-refractivity contribution in [1.82, 2.24) is 0 Å². The summed E-state index contributed by atoms with van der Waals surface area (Å²) in [6.07, 6.45) is 0.887. The molecule has 0 aliphatic rings. The van der Waals surface area contributed by atoms with Crippen LogP contribution in [0.1, 0.15) is 22.1 Å². The molecule has 2 aromatic rings. The number of aryl methyl sites for hydroxylation is 1. The van der Waals surface area contributed by atoms with E-state index in [4.69, 9.17) is 11.6 Å². The van der Waals surface area contributed by atoms with Gasteiger partial charge in [0.1, 0.15) is 0 Å². The van der Waals surface area contributed by atoms with E-state index in [2.05, 4.69) is 43.3 Å². The lowest BCUT2D eigenvalue weighted by Gasteiger charge is -2.11. The molecule has 0 heterocycles. The van der Waals surface area contributed by atoms with Gasteiger partial charge in [-0.2, -0.15) is 0 Å². The van der Waals surface area contributed by atoms with E-state index in [0.29, 0.717) is 0 Å². The number of hydrogen-bond acceptors (Lipinski definition) is 0. The van der Waals surface area contributed by atoms with E-state index < -0.39 is 0 Å². The Hall–Kier alpha value is -1.27. The predicted molar refractivity (Wildman–Crippen MR) is 69.9 cm³/mol. The molecule has 0 radical (unpaired) electrons. The van der Waals surface area contributed by atoms with Gasteiger partial charge in [-0.1, -0.05) is 54.6 Å². The molecular weight excluding hydrogens is 216 g/mol. The van der Waals surface area contributed by atoms with Gasteiger partial charge >= 0.3 is 0 Å². The SMILES string of the molecule is Cc1ccccc1CC(Cl)c1ccccc1. The molecule has 82 valence electrons. The van der Waals surface area contributed by atoms with Crippen LogP contribution in [-0.4, -0.2) is 0 Å². The predicted octanol–water partition coefficient (Wildman–Crippen LogP) is 4.52. The molecule has 0 spiro atoms. The summed E-state index contributed by atoms with van der Waals surface area (Å²) in [5.41, 5.74) is 3.82. The van der Waals surface area contributed by atoms with E-state index in [1.165, 1.54) is 16.7 Å². The Labute approximate surface area is 102 Å². The number of rotatable bonds is 3. The van der Waals surface area contributed by atoms with Crippen molar-refractivity contribution in [3.05, 3.63) is 71.3 Å². The summed E-state index contributed by atoms with van der Waals surface area (Å²) < 4.78 is 0. The summed E-state index contributed by atoms with van der Waals surface area (Å²) in [5.74, 6) is 0. The van der Waals surface area contributed by atoms with Crippen LogP contribution in [0.25, 0.3) is 0 Å². The van der Waals surface area contributed by atoms with Gasteiger partial charge in [0.25, 0.3) is 0 Å². The van der Waals surface area contributed by atoms with Crippen molar-refractivity contribution < 1.29 is 0 Å². The summed E-state index contributed by atoms with van der Waals surface area (Å²) in [6, 6.07) is 18.6. The lowest BCUT2D eigenvalue weighted by Crippen LogP contribution is -1.97. The highest BCUT2D eigenvalue weighted by Crippen LogP contribution is 2.25. The standard InChI is InChI=1S/C15H15Cl/c1-12-7-5-6-10-14(12)11-15(16)13-8-3-2-4-9-13/h2-10,15H,11H2,1H3. The van der Waals surface area contributed by atoms with Gasteiger partial charge in [0.2, 0.25) is 0 Å². The topological polar surface area (TPSA) is 0 Å². The number of hydrogen-bond donors (Lipinski definition) is 0. The molecule has 0 N–H and O–H groups in total. The highest BCUT2D eigenvalue weighted by molar-refractivity contribution is 6.20. The van der Waals surface area contributed by atoms with E-state index in [-0.39, 0.29) is 5.38 Å².